The van der Waals surface area contributed by atoms with Gasteiger partial charge in [0.1, 0.15) is 0 Å². The molecule has 3 aromatic rings. The number of rotatable bonds is 4. The number of thioether (sulfide) groups is 1. The van der Waals surface area contributed by atoms with E-state index in [9.17, 15) is 4.79 Å². The van der Waals surface area contributed by atoms with Gasteiger partial charge in [0.15, 0.2) is 4.32 Å². The number of amides is 1. The number of thiazole rings is 1. The number of hydrogen-bond acceptors (Lipinski definition) is 7. The number of aromatic nitrogens is 1. The zero-order valence-corrected chi connectivity index (χ0v) is 17.1. The number of hydrazine groups is 1. The molecule has 0 unspecified atom stereocenters. The molecular formula is C19H16N4OS3. The van der Waals surface area contributed by atoms with Crippen LogP contribution in [0.1, 0.15) is 5.56 Å². The van der Waals surface area contributed by atoms with Gasteiger partial charge in [-0.2, -0.15) is 5.01 Å². The molecule has 0 bridgehead atoms. The van der Waals surface area contributed by atoms with Gasteiger partial charge in [-0.1, -0.05) is 47.4 Å². The van der Waals surface area contributed by atoms with Crippen molar-refractivity contribution in [2.75, 3.05) is 24.4 Å². The van der Waals surface area contributed by atoms with Gasteiger partial charge < -0.3 is 4.90 Å². The number of thiocarbonyl (C=S) groups is 1. The molecule has 136 valence electrons. The lowest BCUT2D eigenvalue weighted by Crippen LogP contribution is -2.33. The van der Waals surface area contributed by atoms with Crippen LogP contribution in [-0.2, 0) is 4.79 Å². The number of benzene rings is 2. The summed E-state index contributed by atoms with van der Waals surface area (Å²) in [6, 6.07) is 15.9. The predicted octanol–water partition coefficient (Wildman–Crippen LogP) is 4.59. The minimum absolute atomic E-state index is 0.166. The van der Waals surface area contributed by atoms with Crippen molar-refractivity contribution in [1.29, 1.82) is 0 Å². The standard InChI is InChI=1S/C19H16N4OS3/c1-22(2)13-9-7-12(8-10-13)11-16-17(24)23(19(25)27-16)21-18-20-14-5-3-4-6-15(14)26-18/h3-11H,1-2H3,(H,20,21)/b16-11-. The van der Waals surface area contributed by atoms with E-state index < -0.39 is 0 Å². The molecule has 8 heteroatoms. The molecule has 27 heavy (non-hydrogen) atoms. The van der Waals surface area contributed by atoms with E-state index in [1.54, 1.807) is 0 Å². The van der Waals surface area contributed by atoms with Gasteiger partial charge in [0.05, 0.1) is 15.1 Å². The summed E-state index contributed by atoms with van der Waals surface area (Å²) in [6.07, 6.45) is 1.86. The average Bonchev–Trinajstić information content (AvgIpc) is 3.18. The lowest BCUT2D eigenvalue weighted by atomic mass is 10.2. The number of fused-ring (bicyclic) bond motifs is 1. The van der Waals surface area contributed by atoms with Crippen molar-refractivity contribution in [2.45, 2.75) is 0 Å². The van der Waals surface area contributed by atoms with Crippen LogP contribution in [-0.4, -0.2) is 34.3 Å². The van der Waals surface area contributed by atoms with Gasteiger partial charge in [-0.25, -0.2) is 4.98 Å². The van der Waals surface area contributed by atoms with Crippen molar-refractivity contribution in [3.05, 3.63) is 59.0 Å². The van der Waals surface area contributed by atoms with Crippen molar-refractivity contribution in [3.63, 3.8) is 0 Å². The van der Waals surface area contributed by atoms with Crippen LogP contribution in [0.2, 0.25) is 0 Å². The highest BCUT2D eigenvalue weighted by atomic mass is 32.2. The molecule has 1 amide bonds. The molecule has 1 saturated heterocycles. The third kappa shape index (κ3) is 3.69. The fourth-order valence-electron chi connectivity index (χ4n) is 2.60. The molecule has 2 heterocycles. The van der Waals surface area contributed by atoms with E-state index in [-0.39, 0.29) is 5.91 Å². The molecule has 1 aromatic heterocycles. The molecule has 0 aliphatic carbocycles. The van der Waals surface area contributed by atoms with Gasteiger partial charge in [0.2, 0.25) is 5.13 Å². The summed E-state index contributed by atoms with van der Waals surface area (Å²) in [5, 5.41) is 2.03. The third-order valence-electron chi connectivity index (χ3n) is 4.00. The largest absolute Gasteiger partial charge is 0.378 e. The maximum atomic E-state index is 12.8. The van der Waals surface area contributed by atoms with Crippen molar-refractivity contribution >= 4 is 72.7 Å². The van der Waals surface area contributed by atoms with E-state index in [0.717, 1.165) is 21.5 Å². The zero-order valence-electron chi connectivity index (χ0n) is 14.7. The Hall–Kier alpha value is -2.42. The number of anilines is 2. The quantitative estimate of drug-likeness (QED) is 0.500. The Morgan fingerprint density at radius 3 is 2.59 bits per heavy atom. The van der Waals surface area contributed by atoms with Crippen molar-refractivity contribution < 1.29 is 4.79 Å². The summed E-state index contributed by atoms with van der Waals surface area (Å²) >= 11 is 8.16. The van der Waals surface area contributed by atoms with Crippen LogP contribution in [0.4, 0.5) is 10.8 Å². The highest BCUT2D eigenvalue weighted by Gasteiger charge is 2.33. The summed E-state index contributed by atoms with van der Waals surface area (Å²) < 4.78 is 1.53. The third-order valence-corrected chi connectivity index (χ3v) is 6.25. The van der Waals surface area contributed by atoms with Crippen LogP contribution < -0.4 is 10.3 Å². The second-order valence-electron chi connectivity index (χ2n) is 6.10. The number of hydrogen-bond donors (Lipinski definition) is 1. The van der Waals surface area contributed by atoms with E-state index in [2.05, 4.69) is 10.4 Å². The van der Waals surface area contributed by atoms with Crippen LogP contribution >= 0.6 is 35.3 Å². The minimum Gasteiger partial charge on any atom is -0.378 e. The van der Waals surface area contributed by atoms with E-state index >= 15 is 0 Å². The van der Waals surface area contributed by atoms with E-state index in [1.807, 2.05) is 73.6 Å². The molecule has 0 saturated carbocycles. The first-order valence-electron chi connectivity index (χ1n) is 8.19. The van der Waals surface area contributed by atoms with Crippen LogP contribution in [0.25, 0.3) is 16.3 Å². The van der Waals surface area contributed by atoms with Gasteiger partial charge >= 0.3 is 0 Å². The Kier molecular flexibility index (Phi) is 4.86. The first-order chi connectivity index (χ1) is 13.0. The van der Waals surface area contributed by atoms with E-state index in [4.69, 9.17) is 12.2 Å². The molecule has 1 N–H and O–H groups in total. The fraction of sp³-hybridized carbons (Fsp3) is 0.105. The number of carbonyl (C=O) groups excluding carboxylic acids is 1. The minimum atomic E-state index is -0.166. The smallest absolute Gasteiger partial charge is 0.285 e. The van der Waals surface area contributed by atoms with Crippen LogP contribution in [0.5, 0.6) is 0 Å². The van der Waals surface area contributed by atoms with Crippen LogP contribution in [0, 0.1) is 0 Å². The summed E-state index contributed by atoms with van der Waals surface area (Å²) in [4.78, 5) is 19.9. The first kappa shape index (κ1) is 18.0. The summed E-state index contributed by atoms with van der Waals surface area (Å²) in [6.45, 7) is 0. The second kappa shape index (κ2) is 7.30. The van der Waals surface area contributed by atoms with E-state index in [1.165, 1.54) is 28.1 Å². The Balaban J connectivity index is 1.54. The van der Waals surface area contributed by atoms with Crippen molar-refractivity contribution in [1.82, 2.24) is 9.99 Å². The Labute approximate surface area is 170 Å². The number of carbonyl (C=O) groups is 1. The Morgan fingerprint density at radius 1 is 1.15 bits per heavy atom. The highest BCUT2D eigenvalue weighted by Crippen LogP contribution is 2.34. The second-order valence-corrected chi connectivity index (χ2v) is 8.81. The maximum Gasteiger partial charge on any atom is 0.285 e. The Morgan fingerprint density at radius 2 is 1.89 bits per heavy atom. The number of nitrogens with one attached hydrogen (secondary N) is 1. The summed E-state index contributed by atoms with van der Waals surface area (Å²) in [5.41, 5.74) is 6.01. The zero-order chi connectivity index (χ0) is 19.0. The molecule has 5 nitrogen and oxygen atoms in total. The van der Waals surface area contributed by atoms with Crippen molar-refractivity contribution in [2.24, 2.45) is 0 Å². The Bertz CT molecular complexity index is 1020. The molecule has 0 spiro atoms. The summed E-state index contributed by atoms with van der Waals surface area (Å²) in [7, 11) is 3.99. The van der Waals surface area contributed by atoms with Gasteiger partial charge in [-0.3, -0.25) is 10.2 Å². The highest BCUT2D eigenvalue weighted by molar-refractivity contribution is 8.26. The SMILES string of the molecule is CN(C)c1ccc(/C=C2\SC(=S)N(Nc3nc4ccccc4s3)C2=O)cc1. The first-order valence-corrected chi connectivity index (χ1v) is 10.2. The number of para-hydroxylation sites is 1. The fourth-order valence-corrected chi connectivity index (χ4v) is 4.63. The average molecular weight is 413 g/mol. The predicted molar refractivity (Wildman–Crippen MR) is 119 cm³/mol. The molecule has 1 aliphatic heterocycles. The number of nitrogens with zero attached hydrogens (tertiary/aromatic N) is 3. The van der Waals surface area contributed by atoms with Gasteiger partial charge in [0, 0.05) is 19.8 Å². The van der Waals surface area contributed by atoms with E-state index in [0.29, 0.717) is 14.4 Å². The molecule has 4 rings (SSSR count). The van der Waals surface area contributed by atoms with Gasteiger partial charge in [-0.15, -0.1) is 0 Å². The summed E-state index contributed by atoms with van der Waals surface area (Å²) in [5.74, 6) is -0.166. The molecule has 2 aromatic carbocycles. The lowest BCUT2D eigenvalue weighted by molar-refractivity contribution is -0.121. The molecule has 1 aliphatic rings. The van der Waals surface area contributed by atoms with Gasteiger partial charge in [-0.05, 0) is 48.1 Å². The topological polar surface area (TPSA) is 48.5 Å². The lowest BCUT2D eigenvalue weighted by Gasteiger charge is -2.14. The maximum absolute atomic E-state index is 12.8. The van der Waals surface area contributed by atoms with Crippen molar-refractivity contribution in [3.8, 4) is 0 Å². The monoisotopic (exact) mass is 412 g/mol. The van der Waals surface area contributed by atoms with Crippen LogP contribution in [0.3, 0.4) is 0 Å². The van der Waals surface area contributed by atoms with Crippen LogP contribution in [0.15, 0.2) is 53.4 Å². The van der Waals surface area contributed by atoms with Gasteiger partial charge in [0.25, 0.3) is 5.91 Å². The molecule has 0 radical (unpaired) electrons. The normalized spacial score (nSPS) is 15.8. The molecule has 0 atom stereocenters. The molecular weight excluding hydrogens is 396 g/mol. The molecule has 1 fully saturated rings.